The molecule has 1 aromatic heterocycles. The first kappa shape index (κ1) is 16.0. The van der Waals surface area contributed by atoms with E-state index < -0.39 is 0 Å². The number of aromatic nitrogens is 2. The van der Waals surface area contributed by atoms with E-state index in [1.54, 1.807) is 16.9 Å². The third-order valence-electron chi connectivity index (χ3n) is 4.20. The molecule has 2 aromatic rings. The van der Waals surface area contributed by atoms with E-state index in [0.717, 1.165) is 42.9 Å². The van der Waals surface area contributed by atoms with Gasteiger partial charge in [-0.15, -0.1) is 0 Å². The summed E-state index contributed by atoms with van der Waals surface area (Å²) in [5.41, 5.74) is 3.21. The number of amides is 1. The minimum absolute atomic E-state index is 0.125. The van der Waals surface area contributed by atoms with Crippen LogP contribution >= 0.6 is 11.6 Å². The van der Waals surface area contributed by atoms with E-state index >= 15 is 0 Å². The van der Waals surface area contributed by atoms with Gasteiger partial charge in [-0.3, -0.25) is 9.48 Å². The van der Waals surface area contributed by atoms with Crippen molar-refractivity contribution >= 4 is 23.2 Å². The monoisotopic (exact) mass is 332 g/mol. The molecule has 5 nitrogen and oxygen atoms in total. The molecule has 1 amide bonds. The van der Waals surface area contributed by atoms with Crippen LogP contribution in [0.3, 0.4) is 0 Å². The van der Waals surface area contributed by atoms with Gasteiger partial charge in [-0.25, -0.2) is 0 Å². The number of carbonyl (C=O) groups is 1. The smallest absolute Gasteiger partial charge is 0.259 e. The standard InChI is InChI=1S/C17H21ClN4O/c1-11-8-13(5-6-15(11)18)20-17(23)14-10-22(2)21-16(14)12-4-3-7-19-9-12/h5-6,8,10,12,19H,3-4,7,9H2,1-2H3,(H,20,23). The Hall–Kier alpha value is -1.85. The highest BCUT2D eigenvalue weighted by Gasteiger charge is 2.24. The molecule has 1 saturated heterocycles. The molecular formula is C17H21ClN4O. The number of benzene rings is 1. The summed E-state index contributed by atoms with van der Waals surface area (Å²) in [7, 11) is 1.85. The third kappa shape index (κ3) is 3.57. The normalized spacial score (nSPS) is 18.0. The largest absolute Gasteiger partial charge is 0.322 e. The highest BCUT2D eigenvalue weighted by atomic mass is 35.5. The molecule has 2 heterocycles. The number of carbonyl (C=O) groups excluding carboxylic acids is 1. The molecule has 1 fully saturated rings. The molecule has 3 rings (SSSR count). The molecule has 1 atom stereocenters. The van der Waals surface area contributed by atoms with Crippen molar-refractivity contribution in [2.75, 3.05) is 18.4 Å². The van der Waals surface area contributed by atoms with Gasteiger partial charge in [0.15, 0.2) is 0 Å². The summed E-state index contributed by atoms with van der Waals surface area (Å²) in [6.07, 6.45) is 3.96. The topological polar surface area (TPSA) is 59.0 Å². The van der Waals surface area contributed by atoms with Gasteiger partial charge in [0.1, 0.15) is 0 Å². The van der Waals surface area contributed by atoms with E-state index in [2.05, 4.69) is 15.7 Å². The van der Waals surface area contributed by atoms with Gasteiger partial charge in [-0.05, 0) is 50.1 Å². The highest BCUT2D eigenvalue weighted by Crippen LogP contribution is 2.26. The summed E-state index contributed by atoms with van der Waals surface area (Å²) >= 11 is 6.03. The van der Waals surface area contributed by atoms with E-state index in [1.807, 2.05) is 26.1 Å². The second kappa shape index (κ2) is 6.72. The zero-order valence-electron chi connectivity index (χ0n) is 13.4. The Morgan fingerprint density at radius 3 is 3.00 bits per heavy atom. The van der Waals surface area contributed by atoms with Crippen LogP contribution in [0, 0.1) is 6.92 Å². The lowest BCUT2D eigenvalue weighted by Crippen LogP contribution is -2.29. The van der Waals surface area contributed by atoms with Gasteiger partial charge in [-0.1, -0.05) is 11.6 Å². The first-order chi connectivity index (χ1) is 11.0. The SMILES string of the molecule is Cc1cc(NC(=O)c2cn(C)nc2C2CCCNC2)ccc1Cl. The van der Waals surface area contributed by atoms with Crippen molar-refractivity contribution in [3.8, 4) is 0 Å². The van der Waals surface area contributed by atoms with Crippen LogP contribution in [0.15, 0.2) is 24.4 Å². The predicted octanol–water partition coefficient (Wildman–Crippen LogP) is 3.10. The maximum Gasteiger partial charge on any atom is 0.259 e. The predicted molar refractivity (Wildman–Crippen MR) is 92.2 cm³/mol. The first-order valence-electron chi connectivity index (χ1n) is 7.86. The maximum atomic E-state index is 12.7. The number of aryl methyl sites for hydroxylation is 2. The number of nitrogens with one attached hydrogen (secondary N) is 2. The molecule has 0 saturated carbocycles. The Balaban J connectivity index is 1.82. The molecule has 1 aromatic carbocycles. The minimum Gasteiger partial charge on any atom is -0.322 e. The van der Waals surface area contributed by atoms with Crippen LogP contribution in [0.4, 0.5) is 5.69 Å². The zero-order chi connectivity index (χ0) is 16.4. The van der Waals surface area contributed by atoms with Crippen LogP contribution in [0.25, 0.3) is 0 Å². The number of hydrogen-bond donors (Lipinski definition) is 2. The summed E-state index contributed by atoms with van der Waals surface area (Å²) < 4.78 is 1.71. The van der Waals surface area contributed by atoms with Crippen molar-refractivity contribution in [3.05, 3.63) is 46.2 Å². The van der Waals surface area contributed by atoms with Crippen molar-refractivity contribution in [1.82, 2.24) is 15.1 Å². The molecule has 0 spiro atoms. The van der Waals surface area contributed by atoms with Crippen molar-refractivity contribution in [3.63, 3.8) is 0 Å². The molecule has 0 aliphatic carbocycles. The molecule has 1 unspecified atom stereocenters. The lowest BCUT2D eigenvalue weighted by Gasteiger charge is -2.22. The van der Waals surface area contributed by atoms with Gasteiger partial charge in [0.05, 0.1) is 11.3 Å². The fourth-order valence-electron chi connectivity index (χ4n) is 2.99. The van der Waals surface area contributed by atoms with Crippen LogP contribution in [-0.2, 0) is 7.05 Å². The van der Waals surface area contributed by atoms with Crippen LogP contribution in [0.2, 0.25) is 5.02 Å². The van der Waals surface area contributed by atoms with Crippen LogP contribution < -0.4 is 10.6 Å². The van der Waals surface area contributed by atoms with Gasteiger partial charge in [0.2, 0.25) is 0 Å². The molecule has 23 heavy (non-hydrogen) atoms. The number of hydrogen-bond acceptors (Lipinski definition) is 3. The van der Waals surface area contributed by atoms with E-state index in [4.69, 9.17) is 11.6 Å². The van der Waals surface area contributed by atoms with Gasteiger partial charge >= 0.3 is 0 Å². The quantitative estimate of drug-likeness (QED) is 0.908. The molecule has 0 radical (unpaired) electrons. The second-order valence-corrected chi connectivity index (χ2v) is 6.47. The Labute approximate surface area is 141 Å². The van der Waals surface area contributed by atoms with Gasteiger partial charge in [0, 0.05) is 36.4 Å². The lowest BCUT2D eigenvalue weighted by atomic mass is 9.93. The fourth-order valence-corrected chi connectivity index (χ4v) is 3.11. The summed E-state index contributed by atoms with van der Waals surface area (Å²) in [5.74, 6) is 0.165. The van der Waals surface area contributed by atoms with E-state index in [0.29, 0.717) is 10.6 Å². The highest BCUT2D eigenvalue weighted by molar-refractivity contribution is 6.31. The van der Waals surface area contributed by atoms with Crippen molar-refractivity contribution < 1.29 is 4.79 Å². The molecule has 6 heteroatoms. The Kier molecular flexibility index (Phi) is 4.68. The summed E-state index contributed by atoms with van der Waals surface area (Å²) in [4.78, 5) is 12.7. The van der Waals surface area contributed by atoms with Crippen molar-refractivity contribution in [1.29, 1.82) is 0 Å². The maximum absolute atomic E-state index is 12.7. The van der Waals surface area contributed by atoms with Crippen molar-refractivity contribution in [2.24, 2.45) is 7.05 Å². The van der Waals surface area contributed by atoms with Crippen LogP contribution in [0.1, 0.15) is 40.4 Å². The molecule has 0 bridgehead atoms. The Bertz CT molecular complexity index is 719. The number of anilines is 1. The molecule has 1 aliphatic rings. The average molecular weight is 333 g/mol. The third-order valence-corrected chi connectivity index (χ3v) is 4.63. The van der Waals surface area contributed by atoms with E-state index in [-0.39, 0.29) is 11.8 Å². The lowest BCUT2D eigenvalue weighted by molar-refractivity contribution is 0.102. The average Bonchev–Trinajstić information content (AvgIpc) is 2.94. The van der Waals surface area contributed by atoms with Gasteiger partial charge in [0.25, 0.3) is 5.91 Å². The van der Waals surface area contributed by atoms with Gasteiger partial charge in [-0.2, -0.15) is 5.10 Å². The molecule has 2 N–H and O–H groups in total. The summed E-state index contributed by atoms with van der Waals surface area (Å²) in [6.45, 7) is 3.83. The number of rotatable bonds is 3. The fraction of sp³-hybridized carbons (Fsp3) is 0.412. The van der Waals surface area contributed by atoms with Crippen LogP contribution in [0.5, 0.6) is 0 Å². The summed E-state index contributed by atoms with van der Waals surface area (Å²) in [5, 5.41) is 11.5. The summed E-state index contributed by atoms with van der Waals surface area (Å²) in [6, 6.07) is 5.48. The number of nitrogens with zero attached hydrogens (tertiary/aromatic N) is 2. The molecule has 1 aliphatic heterocycles. The molecular weight excluding hydrogens is 312 g/mol. The number of halogens is 1. The molecule has 122 valence electrons. The van der Waals surface area contributed by atoms with E-state index in [1.165, 1.54) is 0 Å². The van der Waals surface area contributed by atoms with E-state index in [9.17, 15) is 4.79 Å². The van der Waals surface area contributed by atoms with Crippen LogP contribution in [-0.4, -0.2) is 28.8 Å². The Morgan fingerprint density at radius 2 is 2.30 bits per heavy atom. The first-order valence-corrected chi connectivity index (χ1v) is 8.24. The number of piperidine rings is 1. The second-order valence-electron chi connectivity index (χ2n) is 6.06. The zero-order valence-corrected chi connectivity index (χ0v) is 14.2. The van der Waals surface area contributed by atoms with Crippen molar-refractivity contribution in [2.45, 2.75) is 25.7 Å². The minimum atomic E-state index is -0.125. The van der Waals surface area contributed by atoms with Gasteiger partial charge < -0.3 is 10.6 Å². The Morgan fingerprint density at radius 1 is 1.48 bits per heavy atom.